The minimum Gasteiger partial charge on any atom is -0.480 e. The van der Waals surface area contributed by atoms with Crippen LogP contribution in [0.25, 0.3) is 0 Å². The molecule has 0 bridgehead atoms. The van der Waals surface area contributed by atoms with Gasteiger partial charge in [-0.3, -0.25) is 19.0 Å². The van der Waals surface area contributed by atoms with Crippen LogP contribution in [0.1, 0.15) is 45.4 Å². The van der Waals surface area contributed by atoms with Crippen molar-refractivity contribution >= 4 is 43.6 Å². The van der Waals surface area contributed by atoms with Gasteiger partial charge >= 0.3 is 12.1 Å². The third kappa shape index (κ3) is 9.21. The van der Waals surface area contributed by atoms with Crippen LogP contribution in [0.15, 0.2) is 71.9 Å². The molecule has 0 atom stereocenters. The van der Waals surface area contributed by atoms with Gasteiger partial charge in [0.15, 0.2) is 0 Å². The SMILES string of the molecule is CCCS(=O)(=O)N(C)c1ccc(CN(Cc2cccc(N(CC(=O)O)C(=O)OC(C)(C)C)n2)S(=O)(=O)c2cccnc2)cc1. The van der Waals surface area contributed by atoms with E-state index in [2.05, 4.69) is 9.97 Å². The van der Waals surface area contributed by atoms with E-state index in [0.29, 0.717) is 17.7 Å². The van der Waals surface area contributed by atoms with E-state index in [9.17, 15) is 31.5 Å². The van der Waals surface area contributed by atoms with Crippen LogP contribution in [0.4, 0.5) is 16.3 Å². The normalized spacial score (nSPS) is 12.1. The highest BCUT2D eigenvalue weighted by Crippen LogP contribution is 2.24. The fraction of sp³-hybridized carbons (Fsp3) is 0.379. The molecule has 0 radical (unpaired) electrons. The maximum Gasteiger partial charge on any atom is 0.416 e. The Balaban J connectivity index is 1.97. The van der Waals surface area contributed by atoms with Gasteiger partial charge in [0.2, 0.25) is 20.0 Å². The first-order chi connectivity index (χ1) is 20.5. The van der Waals surface area contributed by atoms with E-state index in [1.54, 1.807) is 58.0 Å². The molecule has 0 saturated heterocycles. The lowest BCUT2D eigenvalue weighted by atomic mass is 10.2. The lowest BCUT2D eigenvalue weighted by molar-refractivity contribution is -0.135. The Morgan fingerprint density at radius 2 is 1.64 bits per heavy atom. The largest absolute Gasteiger partial charge is 0.480 e. The van der Waals surface area contributed by atoms with Crippen molar-refractivity contribution in [2.24, 2.45) is 0 Å². The zero-order chi connectivity index (χ0) is 32.7. The van der Waals surface area contributed by atoms with Crippen LogP contribution in [0.5, 0.6) is 0 Å². The third-order valence-corrected chi connectivity index (χ3v) is 9.87. The number of aliphatic carboxylic acids is 1. The smallest absolute Gasteiger partial charge is 0.416 e. The Labute approximate surface area is 258 Å². The number of carboxylic acid groups (broad SMARTS) is 1. The first-order valence-corrected chi connectivity index (χ1v) is 16.7. The molecule has 0 saturated carbocycles. The second kappa shape index (κ2) is 14.1. The second-order valence-corrected chi connectivity index (χ2v) is 14.9. The molecule has 0 fully saturated rings. The molecule has 0 aliphatic heterocycles. The lowest BCUT2D eigenvalue weighted by Gasteiger charge is -2.26. The zero-order valence-corrected chi connectivity index (χ0v) is 26.9. The summed E-state index contributed by atoms with van der Waals surface area (Å²) in [5.74, 6) is -1.33. The van der Waals surface area contributed by atoms with E-state index in [1.807, 2.05) is 0 Å². The van der Waals surface area contributed by atoms with Crippen molar-refractivity contribution in [1.29, 1.82) is 0 Å². The summed E-state index contributed by atoms with van der Waals surface area (Å²) in [5.41, 5.74) is 0.333. The lowest BCUT2D eigenvalue weighted by Crippen LogP contribution is -2.40. The van der Waals surface area contributed by atoms with Gasteiger partial charge in [0.25, 0.3) is 0 Å². The minimum absolute atomic E-state index is 0.00767. The summed E-state index contributed by atoms with van der Waals surface area (Å²) >= 11 is 0. The number of pyridine rings is 2. The quantitative estimate of drug-likeness (QED) is 0.288. The molecule has 44 heavy (non-hydrogen) atoms. The molecule has 3 rings (SSSR count). The predicted octanol–water partition coefficient (Wildman–Crippen LogP) is 3.87. The average Bonchev–Trinajstić information content (AvgIpc) is 2.95. The number of hydrogen-bond acceptors (Lipinski definition) is 9. The number of nitrogens with zero attached hydrogens (tertiary/aromatic N) is 5. The van der Waals surface area contributed by atoms with Crippen LogP contribution >= 0.6 is 0 Å². The Morgan fingerprint density at radius 1 is 0.955 bits per heavy atom. The number of sulfonamides is 2. The molecule has 2 aromatic heterocycles. The van der Waals surface area contributed by atoms with E-state index >= 15 is 0 Å². The highest BCUT2D eigenvalue weighted by molar-refractivity contribution is 7.92. The zero-order valence-electron chi connectivity index (χ0n) is 25.2. The van der Waals surface area contributed by atoms with E-state index in [1.165, 1.54) is 48.0 Å². The summed E-state index contributed by atoms with van der Waals surface area (Å²) < 4.78 is 60.2. The third-order valence-electron chi connectivity index (χ3n) is 6.12. The molecule has 0 aliphatic carbocycles. The molecule has 15 heteroatoms. The first-order valence-electron chi connectivity index (χ1n) is 13.7. The van der Waals surface area contributed by atoms with Gasteiger partial charge in [-0.05, 0) is 69.2 Å². The number of rotatable bonds is 13. The number of hydrogen-bond donors (Lipinski definition) is 1. The maximum atomic E-state index is 13.8. The molecular formula is C29H37N5O8S2. The van der Waals surface area contributed by atoms with Crippen molar-refractivity contribution in [3.63, 3.8) is 0 Å². The molecule has 3 aromatic rings. The van der Waals surface area contributed by atoms with E-state index in [4.69, 9.17) is 4.74 Å². The topological polar surface area (TPSA) is 167 Å². The van der Waals surface area contributed by atoms with Crippen molar-refractivity contribution in [2.75, 3.05) is 28.6 Å². The highest BCUT2D eigenvalue weighted by Gasteiger charge is 2.29. The average molecular weight is 648 g/mol. The molecule has 1 amide bonds. The number of carboxylic acids is 1. The van der Waals surface area contributed by atoms with Gasteiger partial charge in [-0.1, -0.05) is 25.1 Å². The number of carbonyl (C=O) groups excluding carboxylic acids is 1. The number of anilines is 2. The molecular weight excluding hydrogens is 610 g/mol. The summed E-state index contributed by atoms with van der Waals surface area (Å²) in [7, 11) is -6.16. The second-order valence-electron chi connectivity index (χ2n) is 10.9. The molecule has 0 unspecified atom stereocenters. The van der Waals surface area contributed by atoms with Crippen LogP contribution in [0.2, 0.25) is 0 Å². The predicted molar refractivity (Wildman–Crippen MR) is 165 cm³/mol. The fourth-order valence-electron chi connectivity index (χ4n) is 4.02. The van der Waals surface area contributed by atoms with Crippen LogP contribution in [-0.2, 0) is 42.7 Å². The maximum absolute atomic E-state index is 13.8. The van der Waals surface area contributed by atoms with Crippen molar-refractivity contribution in [3.05, 3.63) is 78.2 Å². The van der Waals surface area contributed by atoms with Gasteiger partial charge in [0, 0.05) is 26.0 Å². The van der Waals surface area contributed by atoms with Crippen LogP contribution in [0, 0.1) is 0 Å². The number of aromatic nitrogens is 2. The summed E-state index contributed by atoms with van der Waals surface area (Å²) in [5, 5.41) is 9.42. The van der Waals surface area contributed by atoms with Gasteiger partial charge in [-0.15, -0.1) is 0 Å². The summed E-state index contributed by atoms with van der Waals surface area (Å²) in [6.07, 6.45) is 2.21. The molecule has 13 nitrogen and oxygen atoms in total. The van der Waals surface area contributed by atoms with E-state index < -0.39 is 44.3 Å². The van der Waals surface area contributed by atoms with Gasteiger partial charge < -0.3 is 9.84 Å². The van der Waals surface area contributed by atoms with Gasteiger partial charge in [0.1, 0.15) is 22.9 Å². The van der Waals surface area contributed by atoms with Gasteiger partial charge in [0.05, 0.1) is 23.7 Å². The number of carbonyl (C=O) groups is 2. The van der Waals surface area contributed by atoms with Crippen molar-refractivity contribution in [1.82, 2.24) is 14.3 Å². The molecule has 1 N–H and O–H groups in total. The van der Waals surface area contributed by atoms with Gasteiger partial charge in [-0.25, -0.2) is 26.6 Å². The number of benzene rings is 1. The van der Waals surface area contributed by atoms with Crippen molar-refractivity contribution in [2.45, 2.75) is 57.7 Å². The van der Waals surface area contributed by atoms with Crippen LogP contribution < -0.4 is 9.21 Å². The van der Waals surface area contributed by atoms with Crippen LogP contribution in [0.3, 0.4) is 0 Å². The molecule has 238 valence electrons. The van der Waals surface area contributed by atoms with Crippen molar-refractivity contribution in [3.8, 4) is 0 Å². The Bertz CT molecular complexity index is 1660. The van der Waals surface area contributed by atoms with Gasteiger partial charge in [-0.2, -0.15) is 4.31 Å². The van der Waals surface area contributed by atoms with Crippen molar-refractivity contribution < 1.29 is 36.3 Å². The first kappa shape index (κ1) is 34.4. The molecule has 2 heterocycles. The molecule has 1 aromatic carbocycles. The van der Waals surface area contributed by atoms with E-state index in [-0.39, 0.29) is 35.2 Å². The summed E-state index contributed by atoms with van der Waals surface area (Å²) in [6.45, 7) is 5.62. The number of amides is 1. The fourth-order valence-corrected chi connectivity index (χ4v) is 6.62. The Kier molecular flexibility index (Phi) is 11.1. The number of ether oxygens (including phenoxy) is 1. The van der Waals surface area contributed by atoms with Crippen LogP contribution in [-0.4, -0.2) is 73.2 Å². The summed E-state index contributed by atoms with van der Waals surface area (Å²) in [6, 6.07) is 13.9. The Morgan fingerprint density at radius 3 is 2.20 bits per heavy atom. The molecule has 0 spiro atoms. The highest BCUT2D eigenvalue weighted by atomic mass is 32.2. The summed E-state index contributed by atoms with van der Waals surface area (Å²) in [4.78, 5) is 33.5. The standard InChI is InChI=1S/C29H37N5O8S2/c1-6-17-43(38,39)32(5)24-14-12-22(13-15-24)19-33(44(40,41)25-10-8-16-30-18-25)20-23-9-7-11-26(31-23)34(21-27(35)36)28(37)42-29(2,3)4/h7-16,18H,6,17,19-21H2,1-5H3,(H,35,36). The van der Waals surface area contributed by atoms with E-state index in [0.717, 1.165) is 9.21 Å². The molecule has 0 aliphatic rings. The Hall–Kier alpha value is -4.08. The minimum atomic E-state index is -4.12. The monoisotopic (exact) mass is 647 g/mol.